The zero-order valence-electron chi connectivity index (χ0n) is 11.4. The fourth-order valence-corrected chi connectivity index (χ4v) is 1.97. The van der Waals surface area contributed by atoms with Crippen molar-refractivity contribution in [1.82, 2.24) is 10.3 Å². The quantitative estimate of drug-likeness (QED) is 0.873. The molecule has 0 bridgehead atoms. The minimum absolute atomic E-state index is 0.0883. The average molecular weight is 290 g/mol. The number of amides is 1. The van der Waals surface area contributed by atoms with Crippen molar-refractivity contribution in [1.29, 1.82) is 0 Å². The van der Waals surface area contributed by atoms with Crippen molar-refractivity contribution in [3.05, 3.63) is 41.0 Å². The van der Waals surface area contributed by atoms with Crippen LogP contribution in [-0.2, 0) is 6.54 Å². The monoisotopic (exact) mass is 290 g/mol. The number of hydrogen-bond acceptors (Lipinski definition) is 5. The van der Waals surface area contributed by atoms with E-state index in [0.717, 1.165) is 12.8 Å². The molecule has 7 nitrogen and oxygen atoms in total. The van der Waals surface area contributed by atoms with Gasteiger partial charge in [0.1, 0.15) is 5.76 Å². The summed E-state index contributed by atoms with van der Waals surface area (Å²) in [5, 5.41) is 11.4. The number of rotatable bonds is 5. The van der Waals surface area contributed by atoms with Crippen LogP contribution in [0.1, 0.15) is 57.2 Å². The van der Waals surface area contributed by atoms with Crippen molar-refractivity contribution in [2.24, 2.45) is 0 Å². The number of nitrogens with zero attached hydrogens (tertiary/aromatic N) is 1. The first-order chi connectivity index (χ1) is 10.0. The van der Waals surface area contributed by atoms with Crippen LogP contribution in [0.25, 0.3) is 0 Å². The first-order valence-electron chi connectivity index (χ1n) is 6.62. The minimum atomic E-state index is -1.15. The number of aromatic nitrogens is 1. The molecule has 7 heteroatoms. The number of nitrogens with one attached hydrogen (secondary N) is 1. The van der Waals surface area contributed by atoms with Gasteiger partial charge in [0.05, 0.1) is 12.2 Å². The van der Waals surface area contributed by atoms with E-state index in [-0.39, 0.29) is 24.0 Å². The molecule has 0 saturated heterocycles. The van der Waals surface area contributed by atoms with E-state index in [1.54, 1.807) is 6.92 Å². The Morgan fingerprint density at radius 1 is 1.38 bits per heavy atom. The summed E-state index contributed by atoms with van der Waals surface area (Å²) in [6.07, 6.45) is 2.09. The SMILES string of the molecule is Cc1nc(C2CC2)oc1C(=O)NCc1ccc(C(=O)O)o1. The number of furan rings is 1. The Labute approximate surface area is 120 Å². The third kappa shape index (κ3) is 2.81. The van der Waals surface area contributed by atoms with Gasteiger partial charge < -0.3 is 19.3 Å². The number of carbonyl (C=O) groups is 2. The Morgan fingerprint density at radius 3 is 2.76 bits per heavy atom. The topological polar surface area (TPSA) is 106 Å². The smallest absolute Gasteiger partial charge is 0.371 e. The molecular weight excluding hydrogens is 276 g/mol. The number of hydrogen-bond donors (Lipinski definition) is 2. The van der Waals surface area contributed by atoms with E-state index in [4.69, 9.17) is 13.9 Å². The van der Waals surface area contributed by atoms with Crippen LogP contribution in [0.3, 0.4) is 0 Å². The summed E-state index contributed by atoms with van der Waals surface area (Å²) in [5.74, 6) is -0.182. The lowest BCUT2D eigenvalue weighted by molar-refractivity contribution is 0.0660. The Kier molecular flexibility index (Phi) is 3.25. The van der Waals surface area contributed by atoms with Crippen LogP contribution in [0.4, 0.5) is 0 Å². The van der Waals surface area contributed by atoms with Crippen molar-refractivity contribution < 1.29 is 23.5 Å². The standard InChI is InChI=1S/C14H14N2O5/c1-7-11(21-13(16-7)8-2-3-8)12(17)15-6-9-4-5-10(20-9)14(18)19/h4-5,8H,2-3,6H2,1H3,(H,15,17)(H,18,19). The van der Waals surface area contributed by atoms with Gasteiger partial charge in [-0.05, 0) is 31.9 Å². The largest absolute Gasteiger partial charge is 0.475 e. The predicted molar refractivity (Wildman–Crippen MR) is 70.1 cm³/mol. The van der Waals surface area contributed by atoms with Gasteiger partial charge in [0, 0.05) is 5.92 Å². The second-order valence-corrected chi connectivity index (χ2v) is 4.99. The van der Waals surface area contributed by atoms with Gasteiger partial charge in [-0.2, -0.15) is 0 Å². The molecule has 1 fully saturated rings. The summed E-state index contributed by atoms with van der Waals surface area (Å²) in [5.41, 5.74) is 0.556. The fraction of sp³-hybridized carbons (Fsp3) is 0.357. The highest BCUT2D eigenvalue weighted by molar-refractivity contribution is 5.92. The average Bonchev–Trinajstić information content (AvgIpc) is 3.05. The highest BCUT2D eigenvalue weighted by Gasteiger charge is 2.30. The zero-order valence-corrected chi connectivity index (χ0v) is 11.4. The predicted octanol–water partition coefficient (Wildman–Crippen LogP) is 2.08. The Balaban J connectivity index is 1.64. The molecule has 1 saturated carbocycles. The van der Waals surface area contributed by atoms with Gasteiger partial charge in [0.2, 0.25) is 11.5 Å². The van der Waals surface area contributed by atoms with E-state index >= 15 is 0 Å². The van der Waals surface area contributed by atoms with Crippen LogP contribution in [-0.4, -0.2) is 22.0 Å². The Bertz CT molecular complexity index is 696. The lowest BCUT2D eigenvalue weighted by Gasteiger charge is -2.00. The molecule has 2 heterocycles. The first kappa shape index (κ1) is 13.4. The van der Waals surface area contributed by atoms with Gasteiger partial charge in [-0.15, -0.1) is 0 Å². The number of aryl methyl sites for hydroxylation is 1. The molecule has 110 valence electrons. The summed E-state index contributed by atoms with van der Waals surface area (Å²) in [6, 6.07) is 2.85. The van der Waals surface area contributed by atoms with Gasteiger partial charge in [0.25, 0.3) is 5.91 Å². The van der Waals surface area contributed by atoms with Gasteiger partial charge in [-0.25, -0.2) is 9.78 Å². The first-order valence-corrected chi connectivity index (χ1v) is 6.62. The van der Waals surface area contributed by atoms with E-state index in [2.05, 4.69) is 10.3 Å². The molecule has 0 radical (unpaired) electrons. The molecule has 0 atom stereocenters. The summed E-state index contributed by atoms with van der Waals surface area (Å²) in [4.78, 5) is 27.0. The van der Waals surface area contributed by atoms with Crippen molar-refractivity contribution in [2.45, 2.75) is 32.2 Å². The maximum Gasteiger partial charge on any atom is 0.371 e. The highest BCUT2D eigenvalue weighted by Crippen LogP contribution is 2.40. The van der Waals surface area contributed by atoms with Gasteiger partial charge >= 0.3 is 5.97 Å². The van der Waals surface area contributed by atoms with E-state index in [1.807, 2.05) is 0 Å². The number of carboxylic acid groups (broad SMARTS) is 1. The minimum Gasteiger partial charge on any atom is -0.475 e. The van der Waals surface area contributed by atoms with Gasteiger partial charge in [-0.1, -0.05) is 0 Å². The molecular formula is C14H14N2O5. The van der Waals surface area contributed by atoms with Crippen molar-refractivity contribution in [2.75, 3.05) is 0 Å². The maximum atomic E-state index is 12.0. The maximum absolute atomic E-state index is 12.0. The van der Waals surface area contributed by atoms with Crippen LogP contribution < -0.4 is 5.32 Å². The van der Waals surface area contributed by atoms with E-state index in [0.29, 0.717) is 23.3 Å². The summed E-state index contributed by atoms with van der Waals surface area (Å²) < 4.78 is 10.5. The molecule has 0 aromatic carbocycles. The van der Waals surface area contributed by atoms with Crippen LogP contribution in [0.15, 0.2) is 21.0 Å². The normalized spacial score (nSPS) is 14.1. The lowest BCUT2D eigenvalue weighted by Crippen LogP contribution is -2.22. The highest BCUT2D eigenvalue weighted by atomic mass is 16.4. The lowest BCUT2D eigenvalue weighted by atomic mass is 10.3. The Hall–Kier alpha value is -2.57. The Morgan fingerprint density at radius 2 is 2.14 bits per heavy atom. The molecule has 21 heavy (non-hydrogen) atoms. The third-order valence-corrected chi connectivity index (χ3v) is 3.24. The molecule has 2 N–H and O–H groups in total. The summed E-state index contributed by atoms with van der Waals surface area (Å²) in [7, 11) is 0. The van der Waals surface area contributed by atoms with Crippen LogP contribution in [0.5, 0.6) is 0 Å². The van der Waals surface area contributed by atoms with Crippen LogP contribution in [0, 0.1) is 6.92 Å². The third-order valence-electron chi connectivity index (χ3n) is 3.24. The molecule has 2 aromatic rings. The zero-order chi connectivity index (χ0) is 15.0. The van der Waals surface area contributed by atoms with Crippen LogP contribution in [0.2, 0.25) is 0 Å². The molecule has 1 aliphatic carbocycles. The molecule has 1 aliphatic rings. The molecule has 0 unspecified atom stereocenters. The molecule has 0 spiro atoms. The van der Waals surface area contributed by atoms with Crippen LogP contribution >= 0.6 is 0 Å². The second kappa shape index (κ2) is 5.08. The van der Waals surface area contributed by atoms with Crippen molar-refractivity contribution >= 4 is 11.9 Å². The summed E-state index contributed by atoms with van der Waals surface area (Å²) in [6.45, 7) is 1.81. The summed E-state index contributed by atoms with van der Waals surface area (Å²) >= 11 is 0. The van der Waals surface area contributed by atoms with E-state index < -0.39 is 5.97 Å². The van der Waals surface area contributed by atoms with Crippen molar-refractivity contribution in [3.8, 4) is 0 Å². The van der Waals surface area contributed by atoms with Crippen molar-refractivity contribution in [3.63, 3.8) is 0 Å². The number of carboxylic acids is 1. The van der Waals surface area contributed by atoms with Gasteiger partial charge in [0.15, 0.2) is 5.89 Å². The van der Waals surface area contributed by atoms with Gasteiger partial charge in [-0.3, -0.25) is 4.79 Å². The number of aromatic carboxylic acids is 1. The molecule has 1 amide bonds. The molecule has 2 aromatic heterocycles. The molecule has 3 rings (SSSR count). The number of carbonyl (C=O) groups excluding carboxylic acids is 1. The number of oxazole rings is 1. The van der Waals surface area contributed by atoms with E-state index in [9.17, 15) is 9.59 Å². The molecule has 0 aliphatic heterocycles. The second-order valence-electron chi connectivity index (χ2n) is 4.99. The fourth-order valence-electron chi connectivity index (χ4n) is 1.97. The van der Waals surface area contributed by atoms with E-state index in [1.165, 1.54) is 12.1 Å².